The predicted octanol–water partition coefficient (Wildman–Crippen LogP) is 3.84. The van der Waals surface area contributed by atoms with Crippen molar-refractivity contribution in [2.45, 2.75) is 26.7 Å². The lowest BCUT2D eigenvalue weighted by Gasteiger charge is -2.26. The number of carbonyl (C=O) groups is 1. The Bertz CT molecular complexity index is 539. The van der Waals surface area contributed by atoms with Crippen LogP contribution in [0.15, 0.2) is 29.8 Å². The van der Waals surface area contributed by atoms with Crippen LogP contribution in [0.5, 0.6) is 0 Å². The number of hydrogen-bond acceptors (Lipinski definition) is 2. The van der Waals surface area contributed by atoms with Gasteiger partial charge in [-0.3, -0.25) is 4.79 Å². The van der Waals surface area contributed by atoms with E-state index in [9.17, 15) is 4.79 Å². The molecule has 2 rings (SSSR count). The van der Waals surface area contributed by atoms with E-state index in [1.54, 1.807) is 18.2 Å². The van der Waals surface area contributed by atoms with Crippen molar-refractivity contribution >= 4 is 23.2 Å². The second-order valence-electron chi connectivity index (χ2n) is 5.74. The maximum Gasteiger partial charge on any atom is 0.248 e. The Labute approximate surface area is 125 Å². The highest BCUT2D eigenvalue weighted by Gasteiger charge is 2.18. The lowest BCUT2D eigenvalue weighted by molar-refractivity contribution is 0.100. The summed E-state index contributed by atoms with van der Waals surface area (Å²) in [6, 6.07) is 5.07. The fourth-order valence-corrected chi connectivity index (χ4v) is 3.09. The van der Waals surface area contributed by atoms with Gasteiger partial charge >= 0.3 is 0 Å². The van der Waals surface area contributed by atoms with E-state index < -0.39 is 5.91 Å². The molecule has 20 heavy (non-hydrogen) atoms. The molecule has 0 bridgehead atoms. The quantitative estimate of drug-likeness (QED) is 0.828. The van der Waals surface area contributed by atoms with Crippen LogP contribution in [-0.2, 0) is 0 Å². The first-order chi connectivity index (χ1) is 9.45. The molecule has 1 aliphatic carbocycles. The summed E-state index contributed by atoms with van der Waals surface area (Å²) in [6.45, 7) is 5.29. The Morgan fingerprint density at radius 1 is 1.50 bits per heavy atom. The van der Waals surface area contributed by atoms with Crippen molar-refractivity contribution in [3.05, 3.63) is 40.4 Å². The number of benzene rings is 1. The zero-order valence-electron chi connectivity index (χ0n) is 11.9. The molecule has 0 aliphatic heterocycles. The van der Waals surface area contributed by atoms with Crippen LogP contribution in [-0.4, -0.2) is 12.5 Å². The van der Waals surface area contributed by atoms with Crippen LogP contribution in [0.1, 0.15) is 37.0 Å². The van der Waals surface area contributed by atoms with E-state index in [0.717, 1.165) is 18.7 Å². The van der Waals surface area contributed by atoms with Gasteiger partial charge < -0.3 is 11.1 Å². The van der Waals surface area contributed by atoms with Gasteiger partial charge in [-0.25, -0.2) is 0 Å². The molecule has 0 saturated heterocycles. The summed E-state index contributed by atoms with van der Waals surface area (Å²) in [5, 5.41) is 3.97. The maximum atomic E-state index is 11.2. The average molecular weight is 293 g/mol. The molecule has 1 aliphatic rings. The molecule has 1 aromatic rings. The van der Waals surface area contributed by atoms with Gasteiger partial charge in [0.1, 0.15) is 0 Å². The summed E-state index contributed by atoms with van der Waals surface area (Å²) in [5.41, 5.74) is 8.00. The van der Waals surface area contributed by atoms with Gasteiger partial charge in [0.15, 0.2) is 0 Å². The molecule has 0 heterocycles. The SMILES string of the molecule is CC1=CC(C)CC(CNc2cc(C(N)=O)ccc2Cl)C1. The maximum absolute atomic E-state index is 11.2. The van der Waals surface area contributed by atoms with Gasteiger partial charge in [0.25, 0.3) is 0 Å². The van der Waals surface area contributed by atoms with E-state index in [4.69, 9.17) is 17.3 Å². The van der Waals surface area contributed by atoms with Gasteiger partial charge in [-0.15, -0.1) is 0 Å². The number of nitrogens with one attached hydrogen (secondary N) is 1. The molecule has 3 nitrogen and oxygen atoms in total. The largest absolute Gasteiger partial charge is 0.384 e. The van der Waals surface area contributed by atoms with Crippen molar-refractivity contribution in [1.29, 1.82) is 0 Å². The van der Waals surface area contributed by atoms with Crippen molar-refractivity contribution < 1.29 is 4.79 Å². The van der Waals surface area contributed by atoms with E-state index in [-0.39, 0.29) is 0 Å². The molecule has 0 spiro atoms. The molecule has 1 amide bonds. The van der Waals surface area contributed by atoms with Crippen molar-refractivity contribution in [3.8, 4) is 0 Å². The number of rotatable bonds is 4. The van der Waals surface area contributed by atoms with E-state index in [1.165, 1.54) is 12.0 Å². The van der Waals surface area contributed by atoms with Crippen molar-refractivity contribution in [2.75, 3.05) is 11.9 Å². The summed E-state index contributed by atoms with van der Waals surface area (Å²) < 4.78 is 0. The molecule has 3 N–H and O–H groups in total. The number of allylic oxidation sites excluding steroid dienone is 2. The number of primary amides is 1. The van der Waals surface area contributed by atoms with E-state index in [2.05, 4.69) is 25.2 Å². The highest BCUT2D eigenvalue weighted by atomic mass is 35.5. The van der Waals surface area contributed by atoms with Crippen LogP contribution in [0.2, 0.25) is 5.02 Å². The minimum atomic E-state index is -0.435. The molecular weight excluding hydrogens is 272 g/mol. The Kier molecular flexibility index (Phi) is 4.71. The van der Waals surface area contributed by atoms with E-state index in [0.29, 0.717) is 22.4 Å². The number of hydrogen-bond donors (Lipinski definition) is 2. The van der Waals surface area contributed by atoms with E-state index in [1.807, 2.05) is 0 Å². The zero-order chi connectivity index (χ0) is 14.7. The number of amides is 1. The first kappa shape index (κ1) is 14.9. The van der Waals surface area contributed by atoms with Crippen LogP contribution in [0.3, 0.4) is 0 Å². The zero-order valence-corrected chi connectivity index (χ0v) is 12.7. The second-order valence-corrected chi connectivity index (χ2v) is 6.14. The molecule has 0 aromatic heterocycles. The molecular formula is C16H21ClN2O. The Morgan fingerprint density at radius 3 is 2.90 bits per heavy atom. The average Bonchev–Trinajstić information content (AvgIpc) is 2.36. The molecule has 0 radical (unpaired) electrons. The molecule has 2 atom stereocenters. The highest BCUT2D eigenvalue weighted by molar-refractivity contribution is 6.33. The number of carbonyl (C=O) groups excluding carboxylic acids is 1. The van der Waals surface area contributed by atoms with Crippen LogP contribution in [0.4, 0.5) is 5.69 Å². The third-order valence-electron chi connectivity index (χ3n) is 3.72. The van der Waals surface area contributed by atoms with Gasteiger partial charge in [0, 0.05) is 12.1 Å². The molecule has 4 heteroatoms. The molecule has 0 saturated carbocycles. The Morgan fingerprint density at radius 2 is 2.25 bits per heavy atom. The summed E-state index contributed by atoms with van der Waals surface area (Å²) in [4.78, 5) is 11.2. The van der Waals surface area contributed by atoms with Crippen molar-refractivity contribution in [2.24, 2.45) is 17.6 Å². The normalized spacial score (nSPS) is 22.2. The smallest absolute Gasteiger partial charge is 0.248 e. The first-order valence-electron chi connectivity index (χ1n) is 6.96. The summed E-state index contributed by atoms with van der Waals surface area (Å²) in [7, 11) is 0. The van der Waals surface area contributed by atoms with Gasteiger partial charge in [0.05, 0.1) is 10.7 Å². The lowest BCUT2D eigenvalue weighted by Crippen LogP contribution is -2.20. The van der Waals surface area contributed by atoms with Crippen LogP contribution < -0.4 is 11.1 Å². The highest BCUT2D eigenvalue weighted by Crippen LogP contribution is 2.29. The molecule has 2 unspecified atom stereocenters. The monoisotopic (exact) mass is 292 g/mol. The topological polar surface area (TPSA) is 55.1 Å². The number of nitrogens with two attached hydrogens (primary N) is 1. The first-order valence-corrected chi connectivity index (χ1v) is 7.34. The van der Waals surface area contributed by atoms with Crippen molar-refractivity contribution in [1.82, 2.24) is 0 Å². The standard InChI is InChI=1S/C16H21ClN2O/c1-10-5-11(2)7-12(6-10)9-19-15-8-13(16(18)20)3-4-14(15)17/h3-5,8,10,12,19H,6-7,9H2,1-2H3,(H2,18,20). The van der Waals surface area contributed by atoms with Gasteiger partial charge in [-0.1, -0.05) is 30.2 Å². The van der Waals surface area contributed by atoms with Crippen molar-refractivity contribution in [3.63, 3.8) is 0 Å². The second kappa shape index (κ2) is 6.31. The molecule has 0 fully saturated rings. The lowest BCUT2D eigenvalue weighted by atomic mass is 9.84. The Balaban J connectivity index is 2.02. The Hall–Kier alpha value is -1.48. The number of halogens is 1. The predicted molar refractivity (Wildman–Crippen MR) is 84.1 cm³/mol. The van der Waals surface area contributed by atoms with Gasteiger partial charge in [0.2, 0.25) is 5.91 Å². The molecule has 108 valence electrons. The fourth-order valence-electron chi connectivity index (χ4n) is 2.91. The third kappa shape index (κ3) is 3.76. The fraction of sp³-hybridized carbons (Fsp3) is 0.438. The summed E-state index contributed by atoms with van der Waals surface area (Å²) >= 11 is 6.15. The van der Waals surface area contributed by atoms with E-state index >= 15 is 0 Å². The number of anilines is 1. The molecule has 1 aromatic carbocycles. The van der Waals surface area contributed by atoms with Gasteiger partial charge in [-0.2, -0.15) is 0 Å². The van der Waals surface area contributed by atoms with Gasteiger partial charge in [-0.05, 0) is 49.8 Å². The minimum Gasteiger partial charge on any atom is -0.384 e. The summed E-state index contributed by atoms with van der Waals surface area (Å²) in [6.07, 6.45) is 4.64. The van der Waals surface area contributed by atoms with Crippen LogP contribution in [0.25, 0.3) is 0 Å². The third-order valence-corrected chi connectivity index (χ3v) is 4.05. The minimum absolute atomic E-state index is 0.435. The summed E-state index contributed by atoms with van der Waals surface area (Å²) in [5.74, 6) is 0.793. The van der Waals surface area contributed by atoms with Crippen LogP contribution >= 0.6 is 11.6 Å². The van der Waals surface area contributed by atoms with Crippen LogP contribution in [0, 0.1) is 11.8 Å².